The highest BCUT2D eigenvalue weighted by Gasteiger charge is 2.24. The molecule has 0 N–H and O–H groups in total. The first kappa shape index (κ1) is 12.9. The van der Waals surface area contributed by atoms with Crippen molar-refractivity contribution < 1.29 is 4.79 Å². The molecule has 0 saturated carbocycles. The smallest absolute Gasteiger partial charge is 0.223 e. The van der Waals surface area contributed by atoms with Crippen molar-refractivity contribution in [2.75, 3.05) is 0 Å². The molecule has 0 spiro atoms. The maximum atomic E-state index is 12.4. The fraction of sp³-hybridized carbons (Fsp3) is 0.278. The van der Waals surface area contributed by atoms with E-state index in [-0.39, 0.29) is 11.8 Å². The van der Waals surface area contributed by atoms with Crippen LogP contribution in [0.25, 0.3) is 0 Å². The van der Waals surface area contributed by atoms with Crippen LogP contribution in [0, 0.1) is 0 Å². The summed E-state index contributed by atoms with van der Waals surface area (Å²) in [6, 6.07) is 18.6. The number of rotatable bonds is 3. The molecule has 0 radical (unpaired) electrons. The quantitative estimate of drug-likeness (QED) is 0.828. The first-order valence-corrected chi connectivity index (χ1v) is 7.13. The molecule has 1 heterocycles. The van der Waals surface area contributed by atoms with Gasteiger partial charge in [0.15, 0.2) is 0 Å². The molecule has 1 amide bonds. The third-order valence-electron chi connectivity index (χ3n) is 4.04. The minimum atomic E-state index is 0.248. The maximum Gasteiger partial charge on any atom is 0.223 e. The number of fused-ring (bicyclic) bond motifs is 1. The normalized spacial score (nSPS) is 14.9. The van der Waals surface area contributed by atoms with E-state index in [1.165, 1.54) is 16.7 Å². The summed E-state index contributed by atoms with van der Waals surface area (Å²) in [4.78, 5) is 14.4. The Labute approximate surface area is 120 Å². The summed E-state index contributed by atoms with van der Waals surface area (Å²) >= 11 is 0. The first-order chi connectivity index (χ1) is 9.74. The monoisotopic (exact) mass is 265 g/mol. The van der Waals surface area contributed by atoms with Crippen molar-refractivity contribution in [1.82, 2.24) is 4.90 Å². The Bertz CT molecular complexity index is 581. The van der Waals surface area contributed by atoms with E-state index >= 15 is 0 Å². The van der Waals surface area contributed by atoms with Gasteiger partial charge >= 0.3 is 0 Å². The van der Waals surface area contributed by atoms with Crippen molar-refractivity contribution in [2.24, 2.45) is 0 Å². The van der Waals surface area contributed by atoms with E-state index in [1.54, 1.807) is 0 Å². The van der Waals surface area contributed by atoms with Gasteiger partial charge in [0.25, 0.3) is 0 Å². The molecule has 1 aliphatic rings. The van der Waals surface area contributed by atoms with Crippen LogP contribution in [0.3, 0.4) is 0 Å². The topological polar surface area (TPSA) is 20.3 Å². The van der Waals surface area contributed by atoms with Gasteiger partial charge in [-0.05, 0) is 22.6 Å². The second kappa shape index (κ2) is 5.49. The van der Waals surface area contributed by atoms with E-state index in [4.69, 9.17) is 0 Å². The van der Waals surface area contributed by atoms with E-state index in [0.717, 1.165) is 13.1 Å². The summed E-state index contributed by atoms with van der Waals surface area (Å²) < 4.78 is 0. The molecule has 0 aromatic heterocycles. The second-order valence-corrected chi connectivity index (χ2v) is 5.53. The van der Waals surface area contributed by atoms with Crippen molar-refractivity contribution in [2.45, 2.75) is 32.4 Å². The van der Waals surface area contributed by atoms with Gasteiger partial charge in [-0.3, -0.25) is 4.79 Å². The molecular formula is C18H19NO. The standard InChI is InChI=1S/C18H19NO/c1-14(15-7-3-2-4-8-15)11-18(20)19-12-16-9-5-6-10-17(16)13-19/h2-10,14H,11-13H2,1H3/t14-/m0/s1. The molecule has 2 heteroatoms. The van der Waals surface area contributed by atoms with Crippen LogP contribution in [-0.4, -0.2) is 10.8 Å². The fourth-order valence-electron chi connectivity index (χ4n) is 2.80. The Balaban J connectivity index is 1.64. The van der Waals surface area contributed by atoms with Crippen LogP contribution in [0.1, 0.15) is 36.0 Å². The summed E-state index contributed by atoms with van der Waals surface area (Å²) in [5, 5.41) is 0. The number of nitrogens with zero attached hydrogens (tertiary/aromatic N) is 1. The molecule has 0 aliphatic carbocycles. The van der Waals surface area contributed by atoms with E-state index < -0.39 is 0 Å². The minimum absolute atomic E-state index is 0.248. The highest BCUT2D eigenvalue weighted by molar-refractivity contribution is 5.77. The summed E-state index contributed by atoms with van der Waals surface area (Å²) in [5.41, 5.74) is 3.80. The predicted octanol–water partition coefficient (Wildman–Crippen LogP) is 3.72. The summed E-state index contributed by atoms with van der Waals surface area (Å²) in [6.07, 6.45) is 0.581. The van der Waals surface area contributed by atoms with Crippen LogP contribution in [0.2, 0.25) is 0 Å². The minimum Gasteiger partial charge on any atom is -0.334 e. The lowest BCUT2D eigenvalue weighted by Gasteiger charge is -2.18. The molecule has 0 bridgehead atoms. The molecule has 102 valence electrons. The number of benzene rings is 2. The average molecular weight is 265 g/mol. The molecule has 20 heavy (non-hydrogen) atoms. The zero-order valence-electron chi connectivity index (χ0n) is 11.8. The van der Waals surface area contributed by atoms with Crippen molar-refractivity contribution in [3.8, 4) is 0 Å². The van der Waals surface area contributed by atoms with E-state index in [1.807, 2.05) is 35.2 Å². The van der Waals surface area contributed by atoms with Crippen LogP contribution in [0.15, 0.2) is 54.6 Å². The molecule has 2 nitrogen and oxygen atoms in total. The third kappa shape index (κ3) is 2.60. The Morgan fingerprint density at radius 2 is 1.55 bits per heavy atom. The molecule has 1 aliphatic heterocycles. The number of carbonyl (C=O) groups excluding carboxylic acids is 1. The average Bonchev–Trinajstić information content (AvgIpc) is 2.92. The van der Waals surface area contributed by atoms with Crippen LogP contribution < -0.4 is 0 Å². The number of hydrogen-bond donors (Lipinski definition) is 0. The Morgan fingerprint density at radius 1 is 1.00 bits per heavy atom. The zero-order valence-corrected chi connectivity index (χ0v) is 11.8. The summed E-state index contributed by atoms with van der Waals surface area (Å²) in [6.45, 7) is 3.64. The Kier molecular flexibility index (Phi) is 3.55. The van der Waals surface area contributed by atoms with Crippen molar-refractivity contribution >= 4 is 5.91 Å². The molecule has 2 aromatic carbocycles. The maximum absolute atomic E-state index is 12.4. The van der Waals surface area contributed by atoms with E-state index in [0.29, 0.717) is 6.42 Å². The third-order valence-corrected chi connectivity index (χ3v) is 4.04. The molecule has 1 atom stereocenters. The summed E-state index contributed by atoms with van der Waals surface area (Å²) in [7, 11) is 0. The molecule has 0 unspecified atom stereocenters. The SMILES string of the molecule is C[C@@H](CC(=O)N1Cc2ccccc2C1)c1ccccc1. The van der Waals surface area contributed by atoms with E-state index in [9.17, 15) is 4.79 Å². The van der Waals surface area contributed by atoms with Crippen LogP contribution in [-0.2, 0) is 17.9 Å². The highest BCUT2D eigenvalue weighted by Crippen LogP contribution is 2.26. The van der Waals surface area contributed by atoms with Gasteiger partial charge in [-0.15, -0.1) is 0 Å². The molecule has 0 saturated heterocycles. The predicted molar refractivity (Wildman–Crippen MR) is 80.2 cm³/mol. The lowest BCUT2D eigenvalue weighted by molar-refractivity contribution is -0.132. The fourth-order valence-corrected chi connectivity index (χ4v) is 2.80. The van der Waals surface area contributed by atoms with Gasteiger partial charge in [-0.1, -0.05) is 61.5 Å². The largest absolute Gasteiger partial charge is 0.334 e. The van der Waals surface area contributed by atoms with Crippen molar-refractivity contribution in [3.05, 3.63) is 71.3 Å². The Morgan fingerprint density at radius 3 is 2.15 bits per heavy atom. The lowest BCUT2D eigenvalue weighted by Crippen LogP contribution is -2.26. The lowest BCUT2D eigenvalue weighted by atomic mass is 9.97. The van der Waals surface area contributed by atoms with Gasteiger partial charge in [0.2, 0.25) is 5.91 Å². The molecular weight excluding hydrogens is 246 g/mol. The van der Waals surface area contributed by atoms with E-state index in [2.05, 4.69) is 31.2 Å². The molecule has 3 rings (SSSR count). The van der Waals surface area contributed by atoms with Crippen LogP contribution in [0.4, 0.5) is 0 Å². The molecule has 2 aromatic rings. The van der Waals surface area contributed by atoms with Gasteiger partial charge in [-0.2, -0.15) is 0 Å². The number of amides is 1. The zero-order chi connectivity index (χ0) is 13.9. The number of hydrogen-bond acceptors (Lipinski definition) is 1. The van der Waals surface area contributed by atoms with Crippen LogP contribution in [0.5, 0.6) is 0 Å². The molecule has 0 fully saturated rings. The number of carbonyl (C=O) groups is 1. The first-order valence-electron chi connectivity index (χ1n) is 7.13. The summed E-state index contributed by atoms with van der Waals surface area (Å²) in [5.74, 6) is 0.518. The highest BCUT2D eigenvalue weighted by atomic mass is 16.2. The Hall–Kier alpha value is -2.09. The second-order valence-electron chi connectivity index (χ2n) is 5.53. The van der Waals surface area contributed by atoms with Crippen LogP contribution >= 0.6 is 0 Å². The van der Waals surface area contributed by atoms with Gasteiger partial charge in [0.1, 0.15) is 0 Å². The van der Waals surface area contributed by atoms with Gasteiger partial charge < -0.3 is 4.90 Å². The van der Waals surface area contributed by atoms with Crippen molar-refractivity contribution in [3.63, 3.8) is 0 Å². The van der Waals surface area contributed by atoms with Crippen molar-refractivity contribution in [1.29, 1.82) is 0 Å². The van der Waals surface area contributed by atoms with Gasteiger partial charge in [0, 0.05) is 19.5 Å². The van der Waals surface area contributed by atoms with Gasteiger partial charge in [-0.25, -0.2) is 0 Å². The van der Waals surface area contributed by atoms with Gasteiger partial charge in [0.05, 0.1) is 0 Å².